The Bertz CT molecular complexity index is 914. The normalized spacial score (nSPS) is 22.6. The van der Waals surface area contributed by atoms with Crippen molar-refractivity contribution < 1.29 is 14.0 Å². The van der Waals surface area contributed by atoms with E-state index in [2.05, 4.69) is 0 Å². The van der Waals surface area contributed by atoms with Gasteiger partial charge in [-0.05, 0) is 35.4 Å². The van der Waals surface area contributed by atoms with Gasteiger partial charge in [0.2, 0.25) is 5.91 Å². The number of benzene rings is 1. The maximum atomic E-state index is 14.5. The number of hydrogen-bond donors (Lipinski definition) is 0. The smallest absolute Gasteiger partial charge is 0.232 e. The summed E-state index contributed by atoms with van der Waals surface area (Å²) in [7, 11) is 0. The molecule has 2 heterocycles. The van der Waals surface area contributed by atoms with E-state index in [4.69, 9.17) is 0 Å². The second-order valence-corrected chi connectivity index (χ2v) is 8.73. The molecule has 0 N–H and O–H groups in total. The lowest BCUT2D eigenvalue weighted by Gasteiger charge is -2.42. The minimum absolute atomic E-state index is 0.0727. The van der Waals surface area contributed by atoms with Crippen molar-refractivity contribution in [1.29, 1.82) is 0 Å². The number of rotatable bonds is 2. The van der Waals surface area contributed by atoms with Crippen LogP contribution in [0.5, 0.6) is 0 Å². The van der Waals surface area contributed by atoms with E-state index in [9.17, 15) is 14.0 Å². The van der Waals surface area contributed by atoms with Gasteiger partial charge in [0, 0.05) is 34.9 Å². The number of allylic oxidation sites excluding steroid dienone is 2. The topological polar surface area (TPSA) is 37.4 Å². The van der Waals surface area contributed by atoms with Gasteiger partial charge in [-0.1, -0.05) is 32.0 Å². The Kier molecular flexibility index (Phi) is 4.07. The van der Waals surface area contributed by atoms with Crippen LogP contribution in [0.3, 0.4) is 0 Å². The van der Waals surface area contributed by atoms with E-state index in [-0.39, 0.29) is 35.1 Å². The molecular formula is C21H20FNO2S. The summed E-state index contributed by atoms with van der Waals surface area (Å²) in [5.41, 5.74) is 1.34. The van der Waals surface area contributed by atoms with Gasteiger partial charge in [-0.25, -0.2) is 4.39 Å². The van der Waals surface area contributed by atoms with Crippen molar-refractivity contribution in [2.75, 3.05) is 4.90 Å². The van der Waals surface area contributed by atoms with Crippen LogP contribution >= 0.6 is 11.3 Å². The first-order valence-electron chi connectivity index (χ1n) is 8.74. The van der Waals surface area contributed by atoms with Crippen LogP contribution in [0, 0.1) is 11.2 Å². The molecule has 2 aromatic rings. The van der Waals surface area contributed by atoms with Crippen molar-refractivity contribution in [2.24, 2.45) is 5.41 Å². The Morgan fingerprint density at radius 2 is 1.88 bits per heavy atom. The Labute approximate surface area is 156 Å². The first-order chi connectivity index (χ1) is 12.4. The Hall–Kier alpha value is -2.27. The van der Waals surface area contributed by atoms with Gasteiger partial charge >= 0.3 is 0 Å². The van der Waals surface area contributed by atoms with E-state index in [1.807, 2.05) is 31.4 Å². The van der Waals surface area contributed by atoms with Crippen LogP contribution in [0.2, 0.25) is 0 Å². The molecule has 0 saturated heterocycles. The number of halogens is 1. The molecule has 1 aromatic carbocycles. The van der Waals surface area contributed by atoms with Crippen molar-refractivity contribution in [1.82, 2.24) is 0 Å². The summed E-state index contributed by atoms with van der Waals surface area (Å²) >= 11 is 1.56. The van der Waals surface area contributed by atoms with Crippen LogP contribution in [-0.2, 0) is 9.59 Å². The number of carbonyl (C=O) groups is 2. The lowest BCUT2D eigenvalue weighted by Crippen LogP contribution is -2.43. The lowest BCUT2D eigenvalue weighted by molar-refractivity contribution is -0.121. The van der Waals surface area contributed by atoms with Crippen LogP contribution in [0.25, 0.3) is 0 Å². The van der Waals surface area contributed by atoms with Gasteiger partial charge in [-0.3, -0.25) is 14.5 Å². The number of ketones is 1. The van der Waals surface area contributed by atoms with Gasteiger partial charge in [0.1, 0.15) is 5.82 Å². The summed E-state index contributed by atoms with van der Waals surface area (Å²) in [4.78, 5) is 28.5. The molecule has 0 saturated carbocycles. The van der Waals surface area contributed by atoms with Crippen molar-refractivity contribution >= 4 is 28.7 Å². The monoisotopic (exact) mass is 369 g/mol. The maximum absolute atomic E-state index is 14.5. The molecule has 1 aromatic heterocycles. The Morgan fingerprint density at radius 1 is 1.12 bits per heavy atom. The third kappa shape index (κ3) is 2.80. The number of hydrogen-bond acceptors (Lipinski definition) is 3. The largest absolute Gasteiger partial charge is 0.294 e. The van der Waals surface area contributed by atoms with Gasteiger partial charge < -0.3 is 0 Å². The highest BCUT2D eigenvalue weighted by atomic mass is 32.1. The van der Waals surface area contributed by atoms with E-state index < -0.39 is 5.82 Å². The molecule has 1 aliphatic carbocycles. The lowest BCUT2D eigenvalue weighted by atomic mass is 9.70. The Morgan fingerprint density at radius 3 is 2.58 bits per heavy atom. The fraction of sp³-hybridized carbons (Fsp3) is 0.333. The van der Waals surface area contributed by atoms with Crippen LogP contribution < -0.4 is 4.90 Å². The van der Waals surface area contributed by atoms with E-state index in [1.54, 1.807) is 29.5 Å². The van der Waals surface area contributed by atoms with Crippen LogP contribution in [0.1, 0.15) is 43.9 Å². The number of para-hydroxylation sites is 1. The number of amides is 1. The van der Waals surface area contributed by atoms with Gasteiger partial charge in [0.05, 0.1) is 5.69 Å². The van der Waals surface area contributed by atoms with Crippen molar-refractivity contribution in [3.05, 3.63) is 63.7 Å². The summed E-state index contributed by atoms with van der Waals surface area (Å²) in [6, 6.07) is 10.2. The molecule has 5 heteroatoms. The second-order valence-electron chi connectivity index (χ2n) is 7.75. The highest BCUT2D eigenvalue weighted by Crippen LogP contribution is 2.49. The zero-order valence-corrected chi connectivity index (χ0v) is 15.6. The summed E-state index contributed by atoms with van der Waals surface area (Å²) in [6.07, 6.45) is 1.23. The first kappa shape index (κ1) is 17.2. The molecular weight excluding hydrogens is 349 g/mol. The number of Topliss-reactive ketones (excluding diaryl/α,β-unsaturated/α-hetero) is 1. The predicted molar refractivity (Wildman–Crippen MR) is 101 cm³/mol. The first-order valence-corrected chi connectivity index (χ1v) is 9.62. The molecule has 0 fully saturated rings. The fourth-order valence-electron chi connectivity index (χ4n) is 4.06. The molecule has 0 unspecified atom stereocenters. The van der Waals surface area contributed by atoms with Crippen molar-refractivity contribution in [2.45, 2.75) is 39.0 Å². The average Bonchev–Trinajstić information content (AvgIpc) is 3.08. The van der Waals surface area contributed by atoms with Crippen LogP contribution in [-0.4, -0.2) is 11.7 Å². The molecule has 4 rings (SSSR count). The zero-order chi connectivity index (χ0) is 18.5. The van der Waals surface area contributed by atoms with Crippen LogP contribution in [0.15, 0.2) is 53.0 Å². The molecule has 2 aliphatic rings. The third-order valence-corrected chi connectivity index (χ3v) is 6.11. The highest BCUT2D eigenvalue weighted by Gasteiger charge is 2.45. The average molecular weight is 369 g/mol. The molecule has 3 nitrogen and oxygen atoms in total. The van der Waals surface area contributed by atoms with E-state index in [0.29, 0.717) is 24.1 Å². The van der Waals surface area contributed by atoms with Crippen LogP contribution in [0.4, 0.5) is 10.1 Å². The third-order valence-electron chi connectivity index (χ3n) is 5.12. The summed E-state index contributed by atoms with van der Waals surface area (Å²) < 4.78 is 14.5. The predicted octanol–water partition coefficient (Wildman–Crippen LogP) is 5.05. The SMILES string of the molecule is CC1(C)CC(=O)C2=C(C1)N(c1ccccc1F)C(=O)C[C@H]2c1cccs1. The maximum Gasteiger partial charge on any atom is 0.232 e. The molecule has 0 bridgehead atoms. The van der Waals surface area contributed by atoms with Gasteiger partial charge in [-0.15, -0.1) is 11.3 Å². The molecule has 1 amide bonds. The minimum atomic E-state index is -0.446. The quantitative estimate of drug-likeness (QED) is 0.743. The fourth-order valence-corrected chi connectivity index (χ4v) is 4.90. The molecule has 1 aliphatic heterocycles. The molecule has 1 atom stereocenters. The van der Waals surface area contributed by atoms with Gasteiger partial charge in [0.25, 0.3) is 0 Å². The van der Waals surface area contributed by atoms with Crippen molar-refractivity contribution in [3.63, 3.8) is 0 Å². The summed E-state index contributed by atoms with van der Waals surface area (Å²) in [6.45, 7) is 4.04. The van der Waals surface area contributed by atoms with Crippen molar-refractivity contribution in [3.8, 4) is 0 Å². The summed E-state index contributed by atoms with van der Waals surface area (Å²) in [5, 5.41) is 1.96. The summed E-state index contributed by atoms with van der Waals surface area (Å²) in [5.74, 6) is -0.747. The number of carbonyl (C=O) groups excluding carboxylic acids is 2. The van der Waals surface area contributed by atoms with E-state index >= 15 is 0 Å². The van der Waals surface area contributed by atoms with E-state index in [1.165, 1.54) is 11.0 Å². The molecule has 26 heavy (non-hydrogen) atoms. The highest BCUT2D eigenvalue weighted by molar-refractivity contribution is 7.10. The number of nitrogens with zero attached hydrogens (tertiary/aromatic N) is 1. The van der Waals surface area contributed by atoms with Gasteiger partial charge in [0.15, 0.2) is 5.78 Å². The molecule has 134 valence electrons. The Balaban J connectivity index is 1.92. The number of anilines is 1. The standard InChI is InChI=1S/C21H20FNO2S/c1-21(2)11-16-20(17(24)12-21)13(18-8-5-9-26-18)10-19(25)23(16)15-7-4-3-6-14(15)22/h3-9,13H,10-12H2,1-2H3/t13-/m0/s1. The van der Waals surface area contributed by atoms with E-state index in [0.717, 1.165) is 4.88 Å². The zero-order valence-electron chi connectivity index (χ0n) is 14.8. The molecule has 0 spiro atoms. The minimum Gasteiger partial charge on any atom is -0.294 e. The number of thiophene rings is 1. The van der Waals surface area contributed by atoms with Gasteiger partial charge in [-0.2, -0.15) is 0 Å². The second kappa shape index (κ2) is 6.16. The molecule has 0 radical (unpaired) electrons.